The van der Waals surface area contributed by atoms with Crippen LogP contribution in [0.1, 0.15) is 21.9 Å². The first-order valence-corrected chi connectivity index (χ1v) is 8.91. The van der Waals surface area contributed by atoms with Crippen LogP contribution >= 0.6 is 0 Å². The standard InChI is InChI=1S/C20H18N6O3/c21-17(27)13-8-4-7-12-14(10-29-16(12)13)19-24-20(15(18(22)28)25-26-19)23-9-11-5-2-1-3-6-11/h1-8,10,12,16H,9H2,(H2,21,27)(H2,22,28)(H,23,24,26). The Morgan fingerprint density at radius 3 is 2.62 bits per heavy atom. The van der Waals surface area contributed by atoms with Crippen molar-refractivity contribution in [2.24, 2.45) is 17.4 Å². The van der Waals surface area contributed by atoms with Gasteiger partial charge in [-0.15, -0.1) is 10.2 Å². The van der Waals surface area contributed by atoms with Gasteiger partial charge in [0, 0.05) is 12.1 Å². The van der Waals surface area contributed by atoms with E-state index < -0.39 is 17.9 Å². The summed E-state index contributed by atoms with van der Waals surface area (Å²) in [4.78, 5) is 27.8. The van der Waals surface area contributed by atoms with Gasteiger partial charge in [-0.1, -0.05) is 48.6 Å². The van der Waals surface area contributed by atoms with Crippen LogP contribution in [0.3, 0.4) is 0 Å². The van der Waals surface area contributed by atoms with Crippen LogP contribution < -0.4 is 16.8 Å². The topological polar surface area (TPSA) is 146 Å². The van der Waals surface area contributed by atoms with Crippen molar-refractivity contribution < 1.29 is 14.3 Å². The minimum absolute atomic E-state index is 0.0577. The molecule has 2 unspecified atom stereocenters. The highest BCUT2D eigenvalue weighted by atomic mass is 16.5. The zero-order valence-corrected chi connectivity index (χ0v) is 15.3. The number of ether oxygens (including phenoxy) is 1. The number of carbonyl (C=O) groups is 2. The number of hydrogen-bond donors (Lipinski definition) is 3. The summed E-state index contributed by atoms with van der Waals surface area (Å²) in [7, 11) is 0. The summed E-state index contributed by atoms with van der Waals surface area (Å²) < 4.78 is 5.64. The Morgan fingerprint density at radius 1 is 1.10 bits per heavy atom. The molecule has 9 heteroatoms. The molecule has 0 fully saturated rings. The lowest BCUT2D eigenvalue weighted by atomic mass is 9.86. The SMILES string of the molecule is NC(=O)C1=CC=CC2C(c3nnc(C(N)=O)c(NCc4ccccc4)n3)=COC12. The van der Waals surface area contributed by atoms with E-state index in [2.05, 4.69) is 20.5 Å². The van der Waals surface area contributed by atoms with Gasteiger partial charge >= 0.3 is 0 Å². The molecule has 29 heavy (non-hydrogen) atoms. The molecule has 1 aliphatic heterocycles. The molecule has 2 aromatic rings. The van der Waals surface area contributed by atoms with Crippen molar-refractivity contribution in [2.75, 3.05) is 5.32 Å². The van der Waals surface area contributed by atoms with Gasteiger partial charge in [0.2, 0.25) is 5.91 Å². The van der Waals surface area contributed by atoms with Crippen LogP contribution in [0.5, 0.6) is 0 Å². The number of nitrogens with two attached hydrogens (primary N) is 2. The van der Waals surface area contributed by atoms with Crippen LogP contribution in [-0.4, -0.2) is 33.1 Å². The summed E-state index contributed by atoms with van der Waals surface area (Å²) >= 11 is 0. The quantitative estimate of drug-likeness (QED) is 0.664. The highest BCUT2D eigenvalue weighted by Gasteiger charge is 2.38. The molecule has 0 saturated heterocycles. The number of nitrogens with zero attached hydrogens (tertiary/aromatic N) is 3. The minimum atomic E-state index is -0.738. The summed E-state index contributed by atoms with van der Waals surface area (Å²) in [6, 6.07) is 9.62. The Bertz CT molecular complexity index is 1060. The lowest BCUT2D eigenvalue weighted by Crippen LogP contribution is -2.30. The summed E-state index contributed by atoms with van der Waals surface area (Å²) in [6.07, 6.45) is 6.20. The van der Waals surface area contributed by atoms with Gasteiger partial charge in [-0.05, 0) is 5.56 Å². The zero-order chi connectivity index (χ0) is 20.4. The van der Waals surface area contributed by atoms with Crippen LogP contribution in [0.2, 0.25) is 0 Å². The minimum Gasteiger partial charge on any atom is -0.492 e. The number of primary amides is 2. The largest absolute Gasteiger partial charge is 0.492 e. The second kappa shape index (κ2) is 7.55. The Labute approximate surface area is 166 Å². The maximum atomic E-state index is 11.7. The first-order chi connectivity index (χ1) is 14.0. The van der Waals surface area contributed by atoms with Crippen LogP contribution in [0, 0.1) is 5.92 Å². The Kier molecular flexibility index (Phi) is 4.78. The highest BCUT2D eigenvalue weighted by molar-refractivity contribution is 5.96. The molecule has 9 nitrogen and oxygen atoms in total. The molecule has 4 rings (SSSR count). The van der Waals surface area contributed by atoms with Gasteiger partial charge in [0.1, 0.15) is 6.10 Å². The Morgan fingerprint density at radius 2 is 1.90 bits per heavy atom. The first kappa shape index (κ1) is 18.4. The maximum absolute atomic E-state index is 11.7. The van der Waals surface area contributed by atoms with E-state index in [4.69, 9.17) is 16.2 Å². The van der Waals surface area contributed by atoms with Gasteiger partial charge in [-0.3, -0.25) is 9.59 Å². The van der Waals surface area contributed by atoms with Crippen LogP contribution in [0.4, 0.5) is 5.82 Å². The van der Waals surface area contributed by atoms with E-state index in [1.165, 1.54) is 6.26 Å². The molecule has 0 bridgehead atoms. The molecule has 0 saturated carbocycles. The van der Waals surface area contributed by atoms with E-state index in [1.54, 1.807) is 12.2 Å². The van der Waals surface area contributed by atoms with Gasteiger partial charge < -0.3 is 21.5 Å². The molecule has 1 aromatic heterocycles. The summed E-state index contributed by atoms with van der Waals surface area (Å²) in [6.45, 7) is 0.426. The summed E-state index contributed by atoms with van der Waals surface area (Å²) in [5, 5.41) is 11.1. The number of aromatic nitrogens is 3. The number of carbonyl (C=O) groups excluding carboxylic acids is 2. The van der Waals surface area contributed by atoms with E-state index in [9.17, 15) is 9.59 Å². The molecule has 2 atom stereocenters. The predicted molar refractivity (Wildman–Crippen MR) is 105 cm³/mol. The number of rotatable bonds is 6. The fourth-order valence-electron chi connectivity index (χ4n) is 3.26. The first-order valence-electron chi connectivity index (χ1n) is 8.91. The van der Waals surface area contributed by atoms with Crippen molar-refractivity contribution in [1.82, 2.24) is 15.2 Å². The lowest BCUT2D eigenvalue weighted by Gasteiger charge is -2.21. The molecular formula is C20H18N6O3. The van der Waals surface area contributed by atoms with Crippen molar-refractivity contribution in [1.29, 1.82) is 0 Å². The van der Waals surface area contributed by atoms with Gasteiger partial charge in [-0.2, -0.15) is 0 Å². The number of anilines is 1. The Hall–Kier alpha value is -4.01. The predicted octanol–water partition coefficient (Wildman–Crippen LogP) is 0.920. The van der Waals surface area contributed by atoms with E-state index >= 15 is 0 Å². The molecule has 5 N–H and O–H groups in total. The van der Waals surface area contributed by atoms with Crippen molar-refractivity contribution in [2.45, 2.75) is 12.6 Å². The molecule has 0 spiro atoms. The molecule has 146 valence electrons. The van der Waals surface area contributed by atoms with Crippen molar-refractivity contribution in [3.8, 4) is 0 Å². The molecular weight excluding hydrogens is 372 g/mol. The lowest BCUT2D eigenvalue weighted by molar-refractivity contribution is -0.115. The number of nitrogens with one attached hydrogen (secondary N) is 1. The van der Waals surface area contributed by atoms with E-state index in [-0.39, 0.29) is 23.3 Å². The Balaban J connectivity index is 1.62. The summed E-state index contributed by atoms with van der Waals surface area (Å²) in [5.41, 5.74) is 12.8. The summed E-state index contributed by atoms with van der Waals surface area (Å²) in [5.74, 6) is -1.08. The normalized spacial score (nSPS) is 19.6. The van der Waals surface area contributed by atoms with Gasteiger partial charge in [0.05, 0.1) is 17.8 Å². The second-order valence-electron chi connectivity index (χ2n) is 6.56. The average molecular weight is 390 g/mol. The molecule has 2 aliphatic rings. The number of benzene rings is 1. The van der Waals surface area contributed by atoms with E-state index in [1.807, 2.05) is 36.4 Å². The molecule has 2 heterocycles. The molecule has 0 radical (unpaired) electrons. The number of allylic oxidation sites excluding steroid dienone is 2. The second-order valence-corrected chi connectivity index (χ2v) is 6.56. The molecule has 2 amide bonds. The van der Waals surface area contributed by atoms with Gasteiger partial charge in [-0.25, -0.2) is 4.98 Å². The molecule has 1 aliphatic carbocycles. The van der Waals surface area contributed by atoms with Crippen LogP contribution in [0.15, 0.2) is 60.4 Å². The highest BCUT2D eigenvalue weighted by Crippen LogP contribution is 2.38. The fraction of sp³-hybridized carbons (Fsp3) is 0.150. The smallest absolute Gasteiger partial charge is 0.273 e. The van der Waals surface area contributed by atoms with Crippen LogP contribution in [-0.2, 0) is 16.1 Å². The number of hydrogen-bond acceptors (Lipinski definition) is 7. The van der Waals surface area contributed by atoms with Crippen molar-refractivity contribution in [3.63, 3.8) is 0 Å². The maximum Gasteiger partial charge on any atom is 0.273 e. The number of amides is 2. The van der Waals surface area contributed by atoms with Crippen molar-refractivity contribution >= 4 is 23.2 Å². The third kappa shape index (κ3) is 3.57. The van der Waals surface area contributed by atoms with Gasteiger partial charge in [0.15, 0.2) is 17.3 Å². The monoisotopic (exact) mass is 390 g/mol. The fourth-order valence-corrected chi connectivity index (χ4v) is 3.26. The van der Waals surface area contributed by atoms with Crippen LogP contribution in [0.25, 0.3) is 5.57 Å². The average Bonchev–Trinajstić information content (AvgIpc) is 3.16. The molecule has 1 aromatic carbocycles. The van der Waals surface area contributed by atoms with E-state index in [0.717, 1.165) is 5.56 Å². The van der Waals surface area contributed by atoms with E-state index in [0.29, 0.717) is 17.7 Å². The third-order valence-corrected chi connectivity index (χ3v) is 4.69. The zero-order valence-electron chi connectivity index (χ0n) is 15.3. The van der Waals surface area contributed by atoms with Crippen molar-refractivity contribution in [3.05, 3.63) is 77.5 Å². The van der Waals surface area contributed by atoms with Gasteiger partial charge in [0.25, 0.3) is 5.91 Å². The number of fused-ring (bicyclic) bond motifs is 1. The third-order valence-electron chi connectivity index (χ3n) is 4.69.